The lowest BCUT2D eigenvalue weighted by molar-refractivity contribution is -0.137. The number of carboxylic acid groups (broad SMARTS) is 2. The molecule has 0 atom stereocenters. The maximum Gasteiger partial charge on any atom is 0.303 e. The van der Waals surface area contributed by atoms with Crippen molar-refractivity contribution in [1.82, 2.24) is 0 Å². The van der Waals surface area contributed by atoms with Gasteiger partial charge in [-0.1, -0.05) is 6.92 Å². The molecule has 0 amide bonds. The normalized spacial score (nSPS) is 8.38. The minimum Gasteiger partial charge on any atom is -0.481 e. The Bertz CT molecular complexity index is 161. The van der Waals surface area contributed by atoms with E-state index in [1.807, 2.05) is 6.92 Å². The van der Waals surface area contributed by atoms with Crippen LogP contribution in [0.3, 0.4) is 0 Å². The summed E-state index contributed by atoms with van der Waals surface area (Å²) in [6.45, 7) is 2.20. The predicted molar refractivity (Wildman–Crippen MR) is 56.0 cm³/mol. The van der Waals surface area contributed by atoms with Crippen LogP contribution in [0.1, 0.15) is 26.7 Å². The molecule has 0 bridgehead atoms. The van der Waals surface area contributed by atoms with E-state index in [-0.39, 0.29) is 13.2 Å². The summed E-state index contributed by atoms with van der Waals surface area (Å²) in [6.07, 6.45) is 0.0694. The van der Waals surface area contributed by atoms with E-state index in [2.05, 4.69) is 0 Å². The van der Waals surface area contributed by atoms with Crippen LogP contribution in [-0.2, 0) is 9.59 Å². The van der Waals surface area contributed by atoms with E-state index in [0.29, 0.717) is 6.42 Å². The van der Waals surface area contributed by atoms with Gasteiger partial charge in [0, 0.05) is 13.3 Å². The third-order valence-corrected chi connectivity index (χ3v) is 0.885. The molecule has 0 aromatic heterocycles. The van der Waals surface area contributed by atoms with E-state index in [1.54, 1.807) is 0 Å². The highest BCUT2D eigenvalue weighted by molar-refractivity contribution is 5.66. The van der Waals surface area contributed by atoms with Gasteiger partial charge in [-0.2, -0.15) is 0 Å². The molecule has 0 aliphatic heterocycles. The van der Waals surface area contributed by atoms with Crippen LogP contribution in [0.25, 0.3) is 0 Å². The number of aliphatic carboxylic acids is 2. The van der Waals surface area contributed by atoms with Crippen LogP contribution < -0.4 is 0 Å². The number of aliphatic hydroxyl groups is 3. The number of hydrogen-bond donors (Lipinski definition) is 5. The Morgan fingerprint density at radius 2 is 1.44 bits per heavy atom. The summed E-state index contributed by atoms with van der Waals surface area (Å²) >= 11 is 0. The van der Waals surface area contributed by atoms with E-state index in [9.17, 15) is 4.79 Å². The maximum atomic E-state index is 9.60. The van der Waals surface area contributed by atoms with Crippen molar-refractivity contribution in [3.05, 3.63) is 0 Å². The SMILES string of the molecule is CC(=O)O.CCCC(=O)O.OCC(O)CO. The van der Waals surface area contributed by atoms with Gasteiger partial charge in [0.2, 0.25) is 0 Å². The quantitative estimate of drug-likeness (QED) is 0.438. The Labute approximate surface area is 94.0 Å². The Morgan fingerprint density at radius 1 is 1.12 bits per heavy atom. The molecule has 0 aliphatic rings. The lowest BCUT2D eigenvalue weighted by atomic mass is 10.4. The Balaban J connectivity index is -0.000000162. The van der Waals surface area contributed by atoms with Crippen molar-refractivity contribution in [1.29, 1.82) is 0 Å². The molecule has 0 radical (unpaired) electrons. The molecule has 5 N–H and O–H groups in total. The minimum atomic E-state index is -0.954. The zero-order valence-electron chi connectivity index (χ0n) is 9.46. The molecule has 0 fully saturated rings. The molecule has 0 saturated carbocycles. The highest BCUT2D eigenvalue weighted by Crippen LogP contribution is 1.82. The molecule has 98 valence electrons. The zero-order valence-corrected chi connectivity index (χ0v) is 9.46. The average molecular weight is 240 g/mol. The second-order valence-electron chi connectivity index (χ2n) is 2.68. The fraction of sp³-hybridized carbons (Fsp3) is 0.778. The summed E-state index contributed by atoms with van der Waals surface area (Å²) in [4.78, 5) is 18.6. The first-order valence-electron chi connectivity index (χ1n) is 4.62. The van der Waals surface area contributed by atoms with E-state index < -0.39 is 18.0 Å². The van der Waals surface area contributed by atoms with Gasteiger partial charge in [0.05, 0.1) is 13.2 Å². The molecule has 7 nitrogen and oxygen atoms in total. The number of carboxylic acids is 2. The van der Waals surface area contributed by atoms with E-state index >= 15 is 0 Å². The highest BCUT2D eigenvalue weighted by atomic mass is 16.4. The number of aliphatic hydroxyl groups excluding tert-OH is 3. The second kappa shape index (κ2) is 16.3. The van der Waals surface area contributed by atoms with Crippen LogP contribution in [0.4, 0.5) is 0 Å². The summed E-state index contributed by atoms with van der Waals surface area (Å²) in [5.41, 5.74) is 0. The van der Waals surface area contributed by atoms with Crippen LogP contribution in [0.2, 0.25) is 0 Å². The molecule has 0 aromatic rings. The van der Waals surface area contributed by atoms with Gasteiger partial charge in [-0.15, -0.1) is 0 Å². The molecule has 0 rings (SSSR count). The zero-order chi connectivity index (χ0) is 13.6. The largest absolute Gasteiger partial charge is 0.481 e. The molecule has 0 aromatic carbocycles. The Morgan fingerprint density at radius 3 is 1.44 bits per heavy atom. The first kappa shape index (κ1) is 20.3. The molecule has 16 heavy (non-hydrogen) atoms. The lowest BCUT2D eigenvalue weighted by Crippen LogP contribution is -2.15. The summed E-state index contributed by atoms with van der Waals surface area (Å²) in [7, 11) is 0. The molecule has 0 heterocycles. The fourth-order valence-electron chi connectivity index (χ4n) is 0.272. The van der Waals surface area contributed by atoms with Gasteiger partial charge >= 0.3 is 5.97 Å². The standard InChI is InChI=1S/C4H8O2.C3H8O3.C2H4O2/c1-2-3-4(5)6;4-1-3(6)2-5;1-2(3)4/h2-3H2,1H3,(H,5,6);3-6H,1-2H2;1H3,(H,3,4). The first-order valence-corrected chi connectivity index (χ1v) is 4.62. The number of carbonyl (C=O) groups is 2. The average Bonchev–Trinajstić information content (AvgIpc) is 2.16. The van der Waals surface area contributed by atoms with Crippen molar-refractivity contribution < 1.29 is 35.1 Å². The molecule has 0 aliphatic carbocycles. The highest BCUT2D eigenvalue weighted by Gasteiger charge is 1.93. The van der Waals surface area contributed by atoms with Gasteiger partial charge in [-0.25, -0.2) is 0 Å². The van der Waals surface area contributed by atoms with Gasteiger partial charge < -0.3 is 25.5 Å². The third-order valence-electron chi connectivity index (χ3n) is 0.885. The summed E-state index contributed by atoms with van der Waals surface area (Å²) in [5.74, 6) is -1.54. The molecule has 0 saturated heterocycles. The van der Waals surface area contributed by atoms with Crippen molar-refractivity contribution in [3.8, 4) is 0 Å². The monoisotopic (exact) mass is 240 g/mol. The Kier molecular flexibility index (Phi) is 20.6. The Hall–Kier alpha value is -1.18. The van der Waals surface area contributed by atoms with Crippen LogP contribution in [0.5, 0.6) is 0 Å². The number of hydrogen-bond acceptors (Lipinski definition) is 5. The van der Waals surface area contributed by atoms with Crippen LogP contribution in [0.15, 0.2) is 0 Å². The van der Waals surface area contributed by atoms with E-state index in [4.69, 9.17) is 30.3 Å². The van der Waals surface area contributed by atoms with Crippen LogP contribution in [-0.4, -0.2) is 56.8 Å². The third kappa shape index (κ3) is 52.9. The van der Waals surface area contributed by atoms with E-state index in [1.165, 1.54) is 0 Å². The van der Waals surface area contributed by atoms with Gasteiger partial charge in [-0.05, 0) is 6.42 Å². The van der Waals surface area contributed by atoms with Crippen molar-refractivity contribution >= 4 is 11.9 Å². The van der Waals surface area contributed by atoms with Crippen molar-refractivity contribution in [2.75, 3.05) is 13.2 Å². The molecular weight excluding hydrogens is 220 g/mol. The summed E-state index contributed by atoms with van der Waals surface area (Å²) in [6, 6.07) is 0. The molecule has 7 heteroatoms. The lowest BCUT2D eigenvalue weighted by Gasteiger charge is -1.96. The maximum absolute atomic E-state index is 9.60. The second-order valence-corrected chi connectivity index (χ2v) is 2.68. The minimum absolute atomic E-state index is 0.292. The van der Waals surface area contributed by atoms with Gasteiger partial charge in [0.25, 0.3) is 5.97 Å². The van der Waals surface area contributed by atoms with Crippen molar-refractivity contribution in [2.24, 2.45) is 0 Å². The topological polar surface area (TPSA) is 135 Å². The van der Waals surface area contributed by atoms with Crippen molar-refractivity contribution in [2.45, 2.75) is 32.8 Å². The summed E-state index contributed by atoms with van der Waals surface area (Å²) < 4.78 is 0. The van der Waals surface area contributed by atoms with Crippen LogP contribution >= 0.6 is 0 Å². The summed E-state index contributed by atoms with van der Waals surface area (Å²) in [5, 5.41) is 39.3. The van der Waals surface area contributed by atoms with Gasteiger partial charge in [-0.3, -0.25) is 9.59 Å². The molecular formula is C9H20O7. The smallest absolute Gasteiger partial charge is 0.303 e. The fourth-order valence-corrected chi connectivity index (χ4v) is 0.272. The van der Waals surface area contributed by atoms with Gasteiger partial charge in [0.15, 0.2) is 0 Å². The van der Waals surface area contributed by atoms with Crippen molar-refractivity contribution in [3.63, 3.8) is 0 Å². The number of rotatable bonds is 4. The van der Waals surface area contributed by atoms with E-state index in [0.717, 1.165) is 13.3 Å². The first-order chi connectivity index (χ1) is 7.31. The van der Waals surface area contributed by atoms with Crippen LogP contribution in [0, 0.1) is 0 Å². The predicted octanol–water partition coefficient (Wildman–Crippen LogP) is -0.706. The molecule has 0 spiro atoms. The molecule has 0 unspecified atom stereocenters. The van der Waals surface area contributed by atoms with Gasteiger partial charge in [0.1, 0.15) is 6.10 Å².